The molecule has 0 amide bonds. The lowest BCUT2D eigenvalue weighted by molar-refractivity contribution is 0.636. The first-order chi connectivity index (χ1) is 9.15. The van der Waals surface area contributed by atoms with E-state index < -0.39 is 0 Å². The summed E-state index contributed by atoms with van der Waals surface area (Å²) in [6, 6.07) is 14.4. The van der Waals surface area contributed by atoms with Crippen LogP contribution in [0.1, 0.15) is 29.7 Å². The molecular weight excluding hydrogens is 371 g/mol. The van der Waals surface area contributed by atoms with Gasteiger partial charge in [-0.15, -0.1) is 0 Å². The molecule has 0 fully saturated rings. The molecule has 2 aromatic rings. The number of hydrazine groups is 1. The Morgan fingerprint density at radius 2 is 1.79 bits per heavy atom. The predicted octanol–water partition coefficient (Wildman–Crippen LogP) is 4.06. The molecule has 19 heavy (non-hydrogen) atoms. The molecular formula is C15H16ClIN2. The molecule has 0 aromatic heterocycles. The zero-order chi connectivity index (χ0) is 13.8. The van der Waals surface area contributed by atoms with Crippen molar-refractivity contribution in [3.8, 4) is 0 Å². The second-order valence-corrected chi connectivity index (χ2v) is 5.94. The van der Waals surface area contributed by atoms with Crippen molar-refractivity contribution in [2.24, 2.45) is 5.84 Å². The topological polar surface area (TPSA) is 38.0 Å². The van der Waals surface area contributed by atoms with Crippen LogP contribution in [0.25, 0.3) is 0 Å². The maximum Gasteiger partial charge on any atom is 0.0710 e. The lowest BCUT2D eigenvalue weighted by atomic mass is 9.98. The van der Waals surface area contributed by atoms with Crippen LogP contribution in [0.5, 0.6) is 0 Å². The summed E-state index contributed by atoms with van der Waals surface area (Å²) in [6.45, 7) is 2.15. The van der Waals surface area contributed by atoms with Crippen LogP contribution in [0.15, 0.2) is 42.5 Å². The Hall–Kier alpha value is -0.620. The van der Waals surface area contributed by atoms with Crippen LogP contribution in [0.4, 0.5) is 0 Å². The molecule has 0 radical (unpaired) electrons. The molecule has 4 heteroatoms. The number of hydrogen-bond acceptors (Lipinski definition) is 2. The second-order valence-electron chi connectivity index (χ2n) is 4.37. The highest BCUT2D eigenvalue weighted by Gasteiger charge is 2.13. The number of halogens is 2. The van der Waals surface area contributed by atoms with Crippen molar-refractivity contribution in [3.05, 3.63) is 67.7 Å². The highest BCUT2D eigenvalue weighted by Crippen LogP contribution is 2.27. The van der Waals surface area contributed by atoms with E-state index in [1.54, 1.807) is 0 Å². The maximum atomic E-state index is 6.17. The number of nitrogens with two attached hydrogens (primary N) is 1. The van der Waals surface area contributed by atoms with Gasteiger partial charge in [-0.2, -0.15) is 0 Å². The first-order valence-electron chi connectivity index (χ1n) is 6.15. The summed E-state index contributed by atoms with van der Waals surface area (Å²) in [5, 5.41) is 0.753. The molecule has 0 saturated carbocycles. The third kappa shape index (κ3) is 3.48. The Morgan fingerprint density at radius 3 is 2.32 bits per heavy atom. The molecule has 0 aliphatic heterocycles. The molecule has 0 bridgehead atoms. The standard InChI is InChI=1S/C15H16ClIN2/c1-2-10-3-5-11(6-4-10)15(19-18)12-7-8-14(17)13(16)9-12/h3-9,15,19H,2,18H2,1H3. The lowest BCUT2D eigenvalue weighted by Crippen LogP contribution is -2.28. The first-order valence-corrected chi connectivity index (χ1v) is 7.61. The normalized spacial score (nSPS) is 12.4. The number of aryl methyl sites for hydroxylation is 1. The molecule has 0 spiro atoms. The molecule has 3 N–H and O–H groups in total. The Bertz CT molecular complexity index is 555. The van der Waals surface area contributed by atoms with Crippen molar-refractivity contribution in [2.45, 2.75) is 19.4 Å². The van der Waals surface area contributed by atoms with Crippen LogP contribution in [0.3, 0.4) is 0 Å². The zero-order valence-electron chi connectivity index (χ0n) is 10.7. The highest BCUT2D eigenvalue weighted by molar-refractivity contribution is 14.1. The fourth-order valence-corrected chi connectivity index (χ4v) is 2.55. The average molecular weight is 387 g/mol. The van der Waals surface area contributed by atoms with Gasteiger partial charge in [-0.05, 0) is 57.8 Å². The number of hydrogen-bond donors (Lipinski definition) is 2. The zero-order valence-corrected chi connectivity index (χ0v) is 13.6. The Labute approximate surface area is 132 Å². The van der Waals surface area contributed by atoms with Crippen molar-refractivity contribution in [1.82, 2.24) is 5.43 Å². The lowest BCUT2D eigenvalue weighted by Gasteiger charge is -2.18. The van der Waals surface area contributed by atoms with Crippen molar-refractivity contribution in [2.75, 3.05) is 0 Å². The minimum atomic E-state index is -0.0413. The smallest absolute Gasteiger partial charge is 0.0710 e. The second kappa shape index (κ2) is 6.70. The van der Waals surface area contributed by atoms with E-state index in [4.69, 9.17) is 17.4 Å². The average Bonchev–Trinajstić information content (AvgIpc) is 2.44. The van der Waals surface area contributed by atoms with Crippen LogP contribution in [0.2, 0.25) is 5.02 Å². The molecule has 2 nitrogen and oxygen atoms in total. The fourth-order valence-electron chi connectivity index (χ4n) is 2.02. The quantitative estimate of drug-likeness (QED) is 0.472. The van der Waals surface area contributed by atoms with E-state index in [0.29, 0.717) is 0 Å². The van der Waals surface area contributed by atoms with Gasteiger partial charge in [-0.25, -0.2) is 5.43 Å². The van der Waals surface area contributed by atoms with Gasteiger partial charge in [0.25, 0.3) is 0 Å². The SMILES string of the molecule is CCc1ccc(C(NN)c2ccc(I)c(Cl)c2)cc1. The van der Waals surface area contributed by atoms with E-state index in [1.807, 2.05) is 18.2 Å². The van der Waals surface area contributed by atoms with E-state index in [-0.39, 0.29) is 6.04 Å². The molecule has 0 aliphatic rings. The summed E-state index contributed by atoms with van der Waals surface area (Å²) in [5.74, 6) is 5.70. The predicted molar refractivity (Wildman–Crippen MR) is 89.2 cm³/mol. The molecule has 100 valence electrons. The fraction of sp³-hybridized carbons (Fsp3) is 0.200. The van der Waals surface area contributed by atoms with Crippen LogP contribution in [0, 0.1) is 3.57 Å². The first kappa shape index (κ1) is 14.8. The van der Waals surface area contributed by atoms with E-state index in [0.717, 1.165) is 26.1 Å². The molecule has 0 aliphatic carbocycles. The minimum Gasteiger partial charge on any atom is -0.271 e. The van der Waals surface area contributed by atoms with Gasteiger partial charge in [0, 0.05) is 3.57 Å². The summed E-state index contributed by atoms with van der Waals surface area (Å²) in [6.07, 6.45) is 1.04. The van der Waals surface area contributed by atoms with E-state index in [9.17, 15) is 0 Å². The van der Waals surface area contributed by atoms with Crippen LogP contribution >= 0.6 is 34.2 Å². The van der Waals surface area contributed by atoms with Crippen molar-refractivity contribution >= 4 is 34.2 Å². The molecule has 2 aromatic carbocycles. The van der Waals surface area contributed by atoms with E-state index >= 15 is 0 Å². The number of benzene rings is 2. The van der Waals surface area contributed by atoms with Gasteiger partial charge in [-0.1, -0.05) is 48.9 Å². The Balaban J connectivity index is 2.34. The van der Waals surface area contributed by atoms with Crippen LogP contribution < -0.4 is 11.3 Å². The third-order valence-corrected chi connectivity index (χ3v) is 4.74. The van der Waals surface area contributed by atoms with Gasteiger partial charge in [0.15, 0.2) is 0 Å². The van der Waals surface area contributed by atoms with E-state index in [2.05, 4.69) is 59.2 Å². The van der Waals surface area contributed by atoms with E-state index in [1.165, 1.54) is 5.56 Å². The van der Waals surface area contributed by atoms with Crippen molar-refractivity contribution < 1.29 is 0 Å². The highest BCUT2D eigenvalue weighted by atomic mass is 127. The maximum absolute atomic E-state index is 6.17. The third-order valence-electron chi connectivity index (χ3n) is 3.16. The van der Waals surface area contributed by atoms with Gasteiger partial charge < -0.3 is 0 Å². The summed E-state index contributed by atoms with van der Waals surface area (Å²) < 4.78 is 1.04. The summed E-state index contributed by atoms with van der Waals surface area (Å²) in [5.41, 5.74) is 6.38. The summed E-state index contributed by atoms with van der Waals surface area (Å²) in [7, 11) is 0. The molecule has 0 heterocycles. The molecule has 2 rings (SSSR count). The van der Waals surface area contributed by atoms with Gasteiger partial charge in [0.2, 0.25) is 0 Å². The summed E-state index contributed by atoms with van der Waals surface area (Å²) in [4.78, 5) is 0. The van der Waals surface area contributed by atoms with Gasteiger partial charge in [-0.3, -0.25) is 5.84 Å². The number of rotatable bonds is 4. The van der Waals surface area contributed by atoms with Crippen molar-refractivity contribution in [1.29, 1.82) is 0 Å². The largest absolute Gasteiger partial charge is 0.271 e. The minimum absolute atomic E-state index is 0.0413. The van der Waals surface area contributed by atoms with Crippen LogP contribution in [-0.2, 0) is 6.42 Å². The van der Waals surface area contributed by atoms with Gasteiger partial charge >= 0.3 is 0 Å². The Kier molecular flexibility index (Phi) is 5.21. The Morgan fingerprint density at radius 1 is 1.16 bits per heavy atom. The number of nitrogens with one attached hydrogen (secondary N) is 1. The molecule has 0 saturated heterocycles. The van der Waals surface area contributed by atoms with Crippen molar-refractivity contribution in [3.63, 3.8) is 0 Å². The monoisotopic (exact) mass is 386 g/mol. The molecule has 1 unspecified atom stereocenters. The summed E-state index contributed by atoms with van der Waals surface area (Å²) >= 11 is 8.39. The van der Waals surface area contributed by atoms with Gasteiger partial charge in [0.1, 0.15) is 0 Å². The molecule has 1 atom stereocenters. The van der Waals surface area contributed by atoms with Crippen LogP contribution in [-0.4, -0.2) is 0 Å². The van der Waals surface area contributed by atoms with Gasteiger partial charge in [0.05, 0.1) is 11.1 Å².